The Bertz CT molecular complexity index is 1030. The average molecular weight is 840 g/mol. The first kappa shape index (κ1) is 61.4. The summed E-state index contributed by atoms with van der Waals surface area (Å²) in [7, 11) is 0. The third-order valence-corrected chi connectivity index (χ3v) is 18.5. The number of terminal acetylenes is 1. The number of unbranched alkanes of at least 4 members (excludes halogenated alkanes) is 1. The van der Waals surface area contributed by atoms with Gasteiger partial charge in [-0.1, -0.05) is 214 Å². The minimum atomic E-state index is 0. The lowest BCUT2D eigenvalue weighted by Gasteiger charge is -2.54. The Hall–Kier alpha value is -0.700. The van der Waals surface area contributed by atoms with Gasteiger partial charge in [0, 0.05) is 0 Å². The third kappa shape index (κ3) is 16.7. The molecule has 0 heteroatoms. The molecule has 0 aromatic carbocycles. The Morgan fingerprint density at radius 3 is 1.68 bits per heavy atom. The molecule has 60 heavy (non-hydrogen) atoms. The summed E-state index contributed by atoms with van der Waals surface area (Å²) in [5.41, 5.74) is 0. The quantitative estimate of drug-likeness (QED) is 0.0898. The van der Waals surface area contributed by atoms with Crippen LogP contribution in [-0.4, -0.2) is 0 Å². The minimum absolute atomic E-state index is 0. The van der Waals surface area contributed by atoms with Gasteiger partial charge in [-0.25, -0.2) is 0 Å². The van der Waals surface area contributed by atoms with E-state index in [9.17, 15) is 0 Å². The molecule has 0 heterocycles. The van der Waals surface area contributed by atoms with Gasteiger partial charge in [0.1, 0.15) is 0 Å². The van der Waals surface area contributed by atoms with Crippen molar-refractivity contribution >= 4 is 0 Å². The van der Waals surface area contributed by atoms with Gasteiger partial charge in [0.2, 0.25) is 0 Å². The molecule has 0 saturated heterocycles. The van der Waals surface area contributed by atoms with Gasteiger partial charge in [0.15, 0.2) is 0 Å². The van der Waals surface area contributed by atoms with Crippen molar-refractivity contribution in [3.63, 3.8) is 0 Å². The molecule has 4 fully saturated rings. The van der Waals surface area contributed by atoms with Crippen LogP contribution in [-0.2, 0) is 0 Å². The zero-order valence-electron chi connectivity index (χ0n) is 39.9. The molecule has 15 atom stereocenters. The summed E-state index contributed by atoms with van der Waals surface area (Å²) in [4.78, 5) is 0. The van der Waals surface area contributed by atoms with Crippen molar-refractivity contribution < 1.29 is 0 Å². The molecule has 0 aromatic heterocycles. The van der Waals surface area contributed by atoms with E-state index >= 15 is 0 Å². The summed E-state index contributed by atoms with van der Waals surface area (Å²) in [5, 5.41) is 0. The van der Waals surface area contributed by atoms with Gasteiger partial charge >= 0.3 is 0 Å². The number of hydrogen-bond acceptors (Lipinski definition) is 0. The molecular weight excluding hydrogens is 721 g/mol. The third-order valence-electron chi connectivity index (χ3n) is 18.5. The molecule has 0 bridgehead atoms. The lowest BCUT2D eigenvalue weighted by atomic mass is 9.51. The minimum Gasteiger partial charge on any atom is -0.124 e. The van der Waals surface area contributed by atoms with Crippen molar-refractivity contribution in [1.29, 1.82) is 0 Å². The molecule has 0 amide bonds. The zero-order chi connectivity index (χ0) is 41.2. The first-order valence-electron chi connectivity index (χ1n) is 26.1. The zero-order valence-corrected chi connectivity index (χ0v) is 39.9. The lowest BCUT2D eigenvalue weighted by Crippen LogP contribution is -2.47. The standard InChI is InChI=1S/C54H100.C2H2.4CH4/c1-12-17-25-39(8)40(9)34-37-44(14-3)54-48(38(6)7)31-24-33-51(50-29-21-22-30-52(50)54)53-42(11)26-23-32-49(46(15-4)47(53)16-5)43(13-2)36-35-41(10)45-27-19-18-20-28-45;1-2;;;;/h14,38-54H,3,12-13,15-37H2,1-2,4-11H3;1-2H;4*1H4. The van der Waals surface area contributed by atoms with Crippen LogP contribution in [0.2, 0.25) is 0 Å². The first-order chi connectivity index (χ1) is 27.1. The van der Waals surface area contributed by atoms with Crippen LogP contribution < -0.4 is 0 Å². The maximum atomic E-state index is 4.67. The van der Waals surface area contributed by atoms with Gasteiger partial charge in [-0.15, -0.1) is 19.4 Å². The van der Waals surface area contributed by atoms with Crippen molar-refractivity contribution in [2.75, 3.05) is 0 Å². The van der Waals surface area contributed by atoms with Crippen LogP contribution in [0.4, 0.5) is 0 Å². The summed E-state index contributed by atoms with van der Waals surface area (Å²) < 4.78 is 0. The molecule has 0 nitrogen and oxygen atoms in total. The number of fused-ring (bicyclic) bond motifs is 1. The fourth-order valence-electron chi connectivity index (χ4n) is 15.2. The molecular formula is C60H118. The van der Waals surface area contributed by atoms with E-state index in [-0.39, 0.29) is 29.7 Å². The Morgan fingerprint density at radius 1 is 0.567 bits per heavy atom. The van der Waals surface area contributed by atoms with Gasteiger partial charge in [-0.3, -0.25) is 0 Å². The van der Waals surface area contributed by atoms with Gasteiger partial charge in [-0.2, -0.15) is 0 Å². The molecule has 0 N–H and O–H groups in total. The maximum Gasteiger partial charge on any atom is -0.0202 e. The Balaban J connectivity index is 0. The van der Waals surface area contributed by atoms with E-state index in [0.29, 0.717) is 5.92 Å². The molecule has 15 unspecified atom stereocenters. The van der Waals surface area contributed by atoms with Crippen LogP contribution in [0.15, 0.2) is 12.7 Å². The van der Waals surface area contributed by atoms with Crippen molar-refractivity contribution in [2.45, 2.75) is 259 Å². The van der Waals surface area contributed by atoms with Crippen molar-refractivity contribution in [3.05, 3.63) is 12.7 Å². The molecule has 0 spiro atoms. The molecule has 0 aromatic rings. The molecule has 358 valence electrons. The fourth-order valence-corrected chi connectivity index (χ4v) is 15.2. The van der Waals surface area contributed by atoms with E-state index in [2.05, 4.69) is 94.7 Å². The second-order valence-corrected chi connectivity index (χ2v) is 21.7. The van der Waals surface area contributed by atoms with Crippen molar-refractivity contribution in [3.8, 4) is 12.8 Å². The Morgan fingerprint density at radius 2 is 1.12 bits per heavy atom. The van der Waals surface area contributed by atoms with Gasteiger partial charge in [-0.05, 0) is 152 Å². The van der Waals surface area contributed by atoms with Crippen LogP contribution in [0.5, 0.6) is 0 Å². The monoisotopic (exact) mass is 839 g/mol. The molecule has 0 aliphatic heterocycles. The highest BCUT2D eigenvalue weighted by Gasteiger charge is 2.49. The molecule has 4 rings (SSSR count). The molecule has 4 aliphatic rings. The first-order valence-corrected chi connectivity index (χ1v) is 26.1. The van der Waals surface area contributed by atoms with Crippen LogP contribution in [0.3, 0.4) is 0 Å². The highest BCUT2D eigenvalue weighted by molar-refractivity contribution is 5.01. The summed E-state index contributed by atoms with van der Waals surface area (Å²) in [6.45, 7) is 30.6. The second-order valence-electron chi connectivity index (χ2n) is 21.7. The van der Waals surface area contributed by atoms with E-state index in [1.165, 1.54) is 161 Å². The van der Waals surface area contributed by atoms with Crippen LogP contribution >= 0.6 is 0 Å². The SMILES string of the molecule is C.C.C.C.C#C.C=CC(CCC(C)C(C)CCCC)C1C(C(C)C)CCCC(C2C(C)CCCC(C(CC)CCC(C)C3CCCCC3)C(CC)C2CC)C2CCCCC21. The maximum absolute atomic E-state index is 4.67. The largest absolute Gasteiger partial charge is 0.124 e. The van der Waals surface area contributed by atoms with Crippen molar-refractivity contribution in [1.82, 2.24) is 0 Å². The second kappa shape index (κ2) is 32.9. The number of hydrogen-bond donors (Lipinski definition) is 0. The molecule has 4 aliphatic carbocycles. The predicted octanol–water partition coefficient (Wildman–Crippen LogP) is 20.4. The van der Waals surface area contributed by atoms with Gasteiger partial charge < -0.3 is 0 Å². The summed E-state index contributed by atoms with van der Waals surface area (Å²) in [6.07, 6.45) is 47.3. The van der Waals surface area contributed by atoms with Crippen LogP contribution in [0, 0.1) is 113 Å². The fraction of sp³-hybridized carbons (Fsp3) is 0.933. The highest BCUT2D eigenvalue weighted by Crippen LogP contribution is 2.57. The van der Waals surface area contributed by atoms with Crippen LogP contribution in [0.1, 0.15) is 259 Å². The molecule has 0 radical (unpaired) electrons. The predicted molar refractivity (Wildman–Crippen MR) is 279 cm³/mol. The average Bonchev–Trinajstić information content (AvgIpc) is 3.21. The van der Waals surface area contributed by atoms with Crippen molar-refractivity contribution in [2.24, 2.45) is 101 Å². The van der Waals surface area contributed by atoms with Gasteiger partial charge in [0.05, 0.1) is 0 Å². The topological polar surface area (TPSA) is 0 Å². The number of rotatable bonds is 19. The Kier molecular flexibility index (Phi) is 33.6. The van der Waals surface area contributed by atoms with E-state index < -0.39 is 0 Å². The van der Waals surface area contributed by atoms with E-state index in [4.69, 9.17) is 0 Å². The van der Waals surface area contributed by atoms with Gasteiger partial charge in [0.25, 0.3) is 0 Å². The van der Waals surface area contributed by atoms with Crippen LogP contribution in [0.25, 0.3) is 0 Å². The van der Waals surface area contributed by atoms with E-state index in [0.717, 1.165) is 94.7 Å². The summed E-state index contributed by atoms with van der Waals surface area (Å²) in [5.74, 6) is 15.3. The molecule has 4 saturated carbocycles. The van der Waals surface area contributed by atoms with E-state index in [1.807, 2.05) is 0 Å². The van der Waals surface area contributed by atoms with E-state index in [1.54, 1.807) is 0 Å². The highest BCUT2D eigenvalue weighted by atomic mass is 14.5. The summed E-state index contributed by atoms with van der Waals surface area (Å²) >= 11 is 0. The summed E-state index contributed by atoms with van der Waals surface area (Å²) in [6, 6.07) is 0. The smallest absolute Gasteiger partial charge is 0.0202 e. The normalized spacial score (nSPS) is 32.5. The number of allylic oxidation sites excluding steroid dienone is 1. The Labute approximate surface area is 384 Å². The lowest BCUT2D eigenvalue weighted by molar-refractivity contribution is -0.0523.